The first kappa shape index (κ1) is 21.4. The molecule has 0 unspecified atom stereocenters. The fourth-order valence-electron chi connectivity index (χ4n) is 2.36. The number of anilines is 2. The molecule has 0 saturated carbocycles. The molecule has 0 aliphatic carbocycles. The minimum Gasteiger partial charge on any atom is -0.482 e. The van der Waals surface area contributed by atoms with Crippen LogP contribution in [0.15, 0.2) is 77.7 Å². The van der Waals surface area contributed by atoms with Gasteiger partial charge in [0.1, 0.15) is 5.75 Å². The molecule has 0 radical (unpaired) electrons. The molecule has 0 aromatic heterocycles. The zero-order chi connectivity index (χ0) is 20.9. The molecule has 3 aromatic rings. The van der Waals surface area contributed by atoms with Gasteiger partial charge >= 0.3 is 0 Å². The lowest BCUT2D eigenvalue weighted by Gasteiger charge is -2.11. The summed E-state index contributed by atoms with van der Waals surface area (Å²) < 4.78 is 33.9. The van der Waals surface area contributed by atoms with Gasteiger partial charge in [-0.2, -0.15) is 0 Å². The smallest absolute Gasteiger partial charge is 0.262 e. The summed E-state index contributed by atoms with van der Waals surface area (Å²) >= 11 is 8.32. The zero-order valence-electron chi connectivity index (χ0n) is 14.9. The lowest BCUT2D eigenvalue weighted by Crippen LogP contribution is -2.20. The van der Waals surface area contributed by atoms with Gasteiger partial charge < -0.3 is 10.1 Å². The molecular formula is C20H16ClIN2O4S. The van der Waals surface area contributed by atoms with E-state index in [2.05, 4.69) is 32.6 Å². The van der Waals surface area contributed by atoms with Gasteiger partial charge in [-0.25, -0.2) is 8.42 Å². The summed E-state index contributed by atoms with van der Waals surface area (Å²) in [6.07, 6.45) is 0. The Labute approximate surface area is 187 Å². The molecule has 0 heterocycles. The van der Waals surface area contributed by atoms with Gasteiger partial charge in [0.05, 0.1) is 9.92 Å². The molecule has 0 atom stereocenters. The SMILES string of the molecule is O=C(COc1ccc(S(=O)(=O)Nc2ccccc2)cc1Cl)Nc1ccc(I)cc1. The van der Waals surface area contributed by atoms with E-state index >= 15 is 0 Å². The van der Waals surface area contributed by atoms with Crippen molar-refractivity contribution in [2.75, 3.05) is 16.6 Å². The van der Waals surface area contributed by atoms with E-state index in [0.29, 0.717) is 11.4 Å². The average Bonchev–Trinajstić information content (AvgIpc) is 2.69. The van der Waals surface area contributed by atoms with Gasteiger partial charge in [-0.3, -0.25) is 9.52 Å². The van der Waals surface area contributed by atoms with E-state index in [4.69, 9.17) is 16.3 Å². The van der Waals surface area contributed by atoms with Crippen LogP contribution < -0.4 is 14.8 Å². The van der Waals surface area contributed by atoms with Crippen molar-refractivity contribution in [3.05, 3.63) is 81.4 Å². The van der Waals surface area contributed by atoms with Crippen molar-refractivity contribution in [1.29, 1.82) is 0 Å². The Kier molecular flexibility index (Phi) is 6.99. The molecule has 0 bridgehead atoms. The normalized spacial score (nSPS) is 11.0. The van der Waals surface area contributed by atoms with Crippen molar-refractivity contribution in [3.8, 4) is 5.75 Å². The van der Waals surface area contributed by atoms with Crippen molar-refractivity contribution < 1.29 is 17.9 Å². The van der Waals surface area contributed by atoms with Gasteiger partial charge in [0, 0.05) is 14.9 Å². The third-order valence-electron chi connectivity index (χ3n) is 3.73. The van der Waals surface area contributed by atoms with Crippen molar-refractivity contribution in [1.82, 2.24) is 0 Å². The highest BCUT2D eigenvalue weighted by Crippen LogP contribution is 2.28. The van der Waals surface area contributed by atoms with E-state index in [1.54, 1.807) is 42.5 Å². The van der Waals surface area contributed by atoms with Gasteiger partial charge in [0.25, 0.3) is 15.9 Å². The quantitative estimate of drug-likeness (QED) is 0.422. The van der Waals surface area contributed by atoms with Crippen LogP contribution in [-0.2, 0) is 14.8 Å². The number of ether oxygens (including phenoxy) is 1. The topological polar surface area (TPSA) is 84.5 Å². The van der Waals surface area contributed by atoms with Crippen LogP contribution >= 0.6 is 34.2 Å². The number of amides is 1. The first-order chi connectivity index (χ1) is 13.8. The number of para-hydroxylation sites is 1. The maximum absolute atomic E-state index is 12.5. The molecular weight excluding hydrogens is 527 g/mol. The van der Waals surface area contributed by atoms with Crippen LogP contribution in [0.5, 0.6) is 5.75 Å². The molecule has 0 aliphatic rings. The maximum atomic E-state index is 12.5. The van der Waals surface area contributed by atoms with Crippen LogP contribution in [0.25, 0.3) is 0 Å². The van der Waals surface area contributed by atoms with Crippen molar-refractivity contribution in [3.63, 3.8) is 0 Å². The Bertz CT molecular complexity index is 1110. The Hall–Kier alpha value is -2.30. The molecule has 29 heavy (non-hydrogen) atoms. The number of carbonyl (C=O) groups is 1. The van der Waals surface area contributed by atoms with E-state index in [1.807, 2.05) is 12.1 Å². The van der Waals surface area contributed by atoms with Crippen LogP contribution in [-0.4, -0.2) is 20.9 Å². The van der Waals surface area contributed by atoms with E-state index in [-0.39, 0.29) is 28.2 Å². The van der Waals surface area contributed by atoms with E-state index < -0.39 is 10.0 Å². The van der Waals surface area contributed by atoms with Crippen LogP contribution in [0.3, 0.4) is 0 Å². The largest absolute Gasteiger partial charge is 0.482 e. The summed E-state index contributed by atoms with van der Waals surface area (Å²) in [5.41, 5.74) is 1.09. The van der Waals surface area contributed by atoms with Gasteiger partial charge in [0.2, 0.25) is 0 Å². The van der Waals surface area contributed by atoms with E-state index in [0.717, 1.165) is 3.57 Å². The third-order valence-corrected chi connectivity index (χ3v) is 6.12. The second-order valence-corrected chi connectivity index (χ2v) is 9.24. The van der Waals surface area contributed by atoms with Gasteiger partial charge in [0.15, 0.2) is 6.61 Å². The Morgan fingerprint density at radius 2 is 1.66 bits per heavy atom. The number of hydrogen-bond acceptors (Lipinski definition) is 4. The van der Waals surface area contributed by atoms with Gasteiger partial charge in [-0.15, -0.1) is 0 Å². The van der Waals surface area contributed by atoms with Gasteiger partial charge in [-0.05, 0) is 77.2 Å². The summed E-state index contributed by atoms with van der Waals surface area (Å²) in [4.78, 5) is 12.0. The number of rotatable bonds is 7. The van der Waals surface area contributed by atoms with Crippen LogP contribution in [0.2, 0.25) is 5.02 Å². The second-order valence-electron chi connectivity index (χ2n) is 5.91. The predicted octanol–water partition coefficient (Wildman–Crippen LogP) is 4.76. The van der Waals surface area contributed by atoms with Crippen molar-refractivity contribution in [2.45, 2.75) is 4.90 Å². The summed E-state index contributed by atoms with van der Waals surface area (Å²) in [6, 6.07) is 19.9. The summed E-state index contributed by atoms with van der Waals surface area (Å²) in [7, 11) is -3.80. The van der Waals surface area contributed by atoms with Crippen molar-refractivity contribution >= 4 is 61.5 Å². The average molecular weight is 543 g/mol. The zero-order valence-corrected chi connectivity index (χ0v) is 18.7. The Morgan fingerprint density at radius 3 is 2.31 bits per heavy atom. The highest BCUT2D eigenvalue weighted by Gasteiger charge is 2.17. The number of benzene rings is 3. The molecule has 3 rings (SSSR count). The Balaban J connectivity index is 1.63. The molecule has 0 aliphatic heterocycles. The molecule has 1 amide bonds. The monoisotopic (exact) mass is 542 g/mol. The molecule has 3 aromatic carbocycles. The number of sulfonamides is 1. The third kappa shape index (κ3) is 6.09. The molecule has 2 N–H and O–H groups in total. The number of hydrogen-bond donors (Lipinski definition) is 2. The second kappa shape index (κ2) is 9.47. The highest BCUT2D eigenvalue weighted by molar-refractivity contribution is 14.1. The molecule has 0 fully saturated rings. The lowest BCUT2D eigenvalue weighted by atomic mass is 10.3. The maximum Gasteiger partial charge on any atom is 0.262 e. The Morgan fingerprint density at radius 1 is 0.966 bits per heavy atom. The first-order valence-corrected chi connectivity index (χ1v) is 11.3. The summed E-state index contributed by atoms with van der Waals surface area (Å²) in [5.74, 6) is -0.146. The minimum absolute atomic E-state index is 0.0120. The van der Waals surface area contributed by atoms with E-state index in [9.17, 15) is 13.2 Å². The van der Waals surface area contributed by atoms with Crippen LogP contribution in [0.4, 0.5) is 11.4 Å². The number of nitrogens with one attached hydrogen (secondary N) is 2. The van der Waals surface area contributed by atoms with E-state index in [1.165, 1.54) is 18.2 Å². The molecule has 0 saturated heterocycles. The predicted molar refractivity (Wildman–Crippen MR) is 122 cm³/mol. The lowest BCUT2D eigenvalue weighted by molar-refractivity contribution is -0.118. The first-order valence-electron chi connectivity index (χ1n) is 8.39. The number of halogens is 2. The number of carbonyl (C=O) groups excluding carboxylic acids is 1. The fraction of sp³-hybridized carbons (Fsp3) is 0.0500. The minimum atomic E-state index is -3.80. The fourth-order valence-corrected chi connectivity index (χ4v) is 4.10. The molecule has 9 heteroatoms. The molecule has 150 valence electrons. The molecule has 0 spiro atoms. The standard InChI is InChI=1S/C20H16ClIN2O4S/c21-18-12-17(29(26,27)24-16-4-2-1-3-5-16)10-11-19(18)28-13-20(25)23-15-8-6-14(22)7-9-15/h1-12,24H,13H2,(H,23,25). The van der Waals surface area contributed by atoms with Crippen LogP contribution in [0, 0.1) is 3.57 Å². The summed E-state index contributed by atoms with van der Waals surface area (Å²) in [6.45, 7) is -0.264. The highest BCUT2D eigenvalue weighted by atomic mass is 127. The summed E-state index contributed by atoms with van der Waals surface area (Å²) in [5, 5.41) is 2.79. The molecule has 6 nitrogen and oxygen atoms in total. The van der Waals surface area contributed by atoms with Crippen molar-refractivity contribution in [2.24, 2.45) is 0 Å². The van der Waals surface area contributed by atoms with Gasteiger partial charge in [-0.1, -0.05) is 29.8 Å². The van der Waals surface area contributed by atoms with Crippen LogP contribution in [0.1, 0.15) is 0 Å².